The SMILES string of the molecule is N#CC(NC(=O)c1cnc(-c2ccccc2F)s1)c1ccc(F)cc1F. The van der Waals surface area contributed by atoms with E-state index in [0.717, 1.165) is 23.5 Å². The summed E-state index contributed by atoms with van der Waals surface area (Å²) in [6.07, 6.45) is 1.25. The van der Waals surface area contributed by atoms with Crippen LogP contribution in [0.15, 0.2) is 48.7 Å². The number of carbonyl (C=O) groups is 1. The number of nitrogens with one attached hydrogen (secondary N) is 1. The third-order valence-corrected chi connectivity index (χ3v) is 4.54. The lowest BCUT2D eigenvalue weighted by atomic mass is 10.1. The van der Waals surface area contributed by atoms with Gasteiger partial charge in [0, 0.05) is 17.2 Å². The van der Waals surface area contributed by atoms with Gasteiger partial charge in [-0.2, -0.15) is 5.26 Å². The maximum absolute atomic E-state index is 13.8. The number of thiazole rings is 1. The molecule has 1 aromatic heterocycles. The molecule has 0 radical (unpaired) electrons. The van der Waals surface area contributed by atoms with Gasteiger partial charge in [0.15, 0.2) is 0 Å². The summed E-state index contributed by atoms with van der Waals surface area (Å²) in [5.41, 5.74) is 0.0963. The summed E-state index contributed by atoms with van der Waals surface area (Å²) in [6, 6.07) is 9.16. The highest BCUT2D eigenvalue weighted by molar-refractivity contribution is 7.16. The van der Waals surface area contributed by atoms with E-state index in [0.29, 0.717) is 11.1 Å². The normalized spacial score (nSPS) is 11.6. The van der Waals surface area contributed by atoms with Crippen LogP contribution in [0.2, 0.25) is 0 Å². The van der Waals surface area contributed by atoms with Crippen LogP contribution in [0, 0.1) is 28.8 Å². The summed E-state index contributed by atoms with van der Waals surface area (Å²) >= 11 is 0.936. The lowest BCUT2D eigenvalue weighted by molar-refractivity contribution is 0.0948. The number of halogens is 3. The van der Waals surface area contributed by atoms with Crippen LogP contribution in [-0.4, -0.2) is 10.9 Å². The highest BCUT2D eigenvalue weighted by Gasteiger charge is 2.21. The quantitative estimate of drug-likeness (QED) is 0.745. The Hall–Kier alpha value is -3.18. The van der Waals surface area contributed by atoms with Crippen LogP contribution >= 0.6 is 11.3 Å². The Labute approximate surface area is 150 Å². The standard InChI is InChI=1S/C18H10F3N3OS/c19-10-5-6-11(14(21)7-10)15(8-22)24-17(25)16-9-23-18(26-16)12-3-1-2-4-13(12)20/h1-7,9,15H,(H,24,25). The molecule has 26 heavy (non-hydrogen) atoms. The fraction of sp³-hybridized carbons (Fsp3) is 0.0556. The van der Waals surface area contributed by atoms with Gasteiger partial charge in [-0.3, -0.25) is 4.79 Å². The zero-order chi connectivity index (χ0) is 18.7. The third kappa shape index (κ3) is 3.58. The molecule has 0 saturated heterocycles. The van der Waals surface area contributed by atoms with E-state index in [1.54, 1.807) is 12.1 Å². The molecule has 0 aliphatic rings. The van der Waals surface area contributed by atoms with Crippen LogP contribution in [0.25, 0.3) is 10.6 Å². The van der Waals surface area contributed by atoms with Crippen molar-refractivity contribution in [2.75, 3.05) is 0 Å². The van der Waals surface area contributed by atoms with Gasteiger partial charge < -0.3 is 5.32 Å². The molecule has 0 aliphatic heterocycles. The van der Waals surface area contributed by atoms with Gasteiger partial charge in [-0.15, -0.1) is 11.3 Å². The number of nitriles is 1. The molecule has 1 amide bonds. The van der Waals surface area contributed by atoms with E-state index in [1.807, 2.05) is 0 Å². The highest BCUT2D eigenvalue weighted by Crippen LogP contribution is 2.27. The molecule has 3 aromatic rings. The van der Waals surface area contributed by atoms with Crippen molar-refractivity contribution in [3.05, 3.63) is 76.6 Å². The van der Waals surface area contributed by atoms with E-state index in [-0.39, 0.29) is 16.0 Å². The average molecular weight is 373 g/mol. The summed E-state index contributed by atoms with van der Waals surface area (Å²) in [4.78, 5) is 16.5. The minimum absolute atomic E-state index is 0.131. The van der Waals surface area contributed by atoms with E-state index in [9.17, 15) is 23.2 Å². The van der Waals surface area contributed by atoms with E-state index >= 15 is 0 Å². The fourth-order valence-electron chi connectivity index (χ4n) is 2.26. The molecule has 3 rings (SSSR count). The topological polar surface area (TPSA) is 65.8 Å². The minimum atomic E-state index is -1.30. The van der Waals surface area contributed by atoms with Crippen molar-refractivity contribution in [2.24, 2.45) is 0 Å². The van der Waals surface area contributed by atoms with E-state index in [2.05, 4.69) is 10.3 Å². The van der Waals surface area contributed by atoms with Crippen LogP contribution in [0.1, 0.15) is 21.3 Å². The molecule has 0 saturated carbocycles. The summed E-state index contributed by atoms with van der Waals surface area (Å²) in [5.74, 6) is -2.86. The first-order valence-electron chi connectivity index (χ1n) is 7.35. The second-order valence-electron chi connectivity index (χ2n) is 5.21. The lowest BCUT2D eigenvalue weighted by Gasteiger charge is -2.12. The second-order valence-corrected chi connectivity index (χ2v) is 6.24. The molecule has 1 unspecified atom stereocenters. The first-order valence-corrected chi connectivity index (χ1v) is 8.17. The lowest BCUT2D eigenvalue weighted by Crippen LogP contribution is -2.27. The van der Waals surface area contributed by atoms with Crippen molar-refractivity contribution < 1.29 is 18.0 Å². The third-order valence-electron chi connectivity index (χ3n) is 3.51. The second kappa shape index (κ2) is 7.37. The van der Waals surface area contributed by atoms with Crippen molar-refractivity contribution >= 4 is 17.2 Å². The van der Waals surface area contributed by atoms with Crippen molar-refractivity contribution in [3.63, 3.8) is 0 Å². The monoisotopic (exact) mass is 373 g/mol. The van der Waals surface area contributed by atoms with Gasteiger partial charge in [0.05, 0.1) is 12.3 Å². The Morgan fingerprint density at radius 2 is 1.92 bits per heavy atom. The molecule has 4 nitrogen and oxygen atoms in total. The molecule has 2 aromatic carbocycles. The number of hydrogen-bond acceptors (Lipinski definition) is 4. The van der Waals surface area contributed by atoms with E-state index in [4.69, 9.17) is 0 Å². The molecule has 0 bridgehead atoms. The number of nitrogens with zero attached hydrogens (tertiary/aromatic N) is 2. The summed E-state index contributed by atoms with van der Waals surface area (Å²) in [7, 11) is 0. The molecular formula is C18H10F3N3OS. The first-order chi connectivity index (χ1) is 12.5. The first kappa shape index (κ1) is 17.6. The maximum atomic E-state index is 13.8. The van der Waals surface area contributed by atoms with Crippen LogP contribution in [0.5, 0.6) is 0 Å². The van der Waals surface area contributed by atoms with Crippen molar-refractivity contribution in [1.82, 2.24) is 10.3 Å². The Morgan fingerprint density at radius 3 is 2.62 bits per heavy atom. The number of carbonyl (C=O) groups excluding carboxylic acids is 1. The van der Waals surface area contributed by atoms with E-state index in [1.165, 1.54) is 24.4 Å². The van der Waals surface area contributed by atoms with Crippen molar-refractivity contribution in [1.29, 1.82) is 5.26 Å². The summed E-state index contributed by atoms with van der Waals surface area (Å²) in [5, 5.41) is 11.9. The molecule has 1 heterocycles. The highest BCUT2D eigenvalue weighted by atomic mass is 32.1. The Bertz CT molecular complexity index is 1010. The maximum Gasteiger partial charge on any atom is 0.264 e. The van der Waals surface area contributed by atoms with E-state index < -0.39 is 29.4 Å². The Kier molecular flexibility index (Phi) is 5.00. The Balaban J connectivity index is 1.82. The van der Waals surface area contributed by atoms with Gasteiger partial charge in [0.2, 0.25) is 0 Å². The molecule has 0 spiro atoms. The Morgan fingerprint density at radius 1 is 1.15 bits per heavy atom. The number of amides is 1. The van der Waals surface area contributed by atoms with Crippen LogP contribution in [0.3, 0.4) is 0 Å². The van der Waals surface area contributed by atoms with Crippen LogP contribution < -0.4 is 5.32 Å². The molecule has 0 fully saturated rings. The van der Waals surface area contributed by atoms with Crippen LogP contribution in [-0.2, 0) is 0 Å². The predicted octanol–water partition coefficient (Wildman–Crippen LogP) is 4.22. The van der Waals surface area contributed by atoms with Gasteiger partial charge in [-0.05, 0) is 18.2 Å². The predicted molar refractivity (Wildman–Crippen MR) is 89.7 cm³/mol. The number of aromatic nitrogens is 1. The van der Waals surface area contributed by atoms with Gasteiger partial charge in [0.25, 0.3) is 5.91 Å². The smallest absolute Gasteiger partial charge is 0.264 e. The van der Waals surface area contributed by atoms with Crippen molar-refractivity contribution in [2.45, 2.75) is 6.04 Å². The summed E-state index contributed by atoms with van der Waals surface area (Å²) < 4.78 is 40.6. The van der Waals surface area contributed by atoms with Gasteiger partial charge in [-0.25, -0.2) is 18.2 Å². The number of rotatable bonds is 4. The van der Waals surface area contributed by atoms with Gasteiger partial charge in [0.1, 0.15) is 33.4 Å². The van der Waals surface area contributed by atoms with Gasteiger partial charge in [-0.1, -0.05) is 18.2 Å². The molecule has 1 N–H and O–H groups in total. The molecule has 1 atom stereocenters. The number of benzene rings is 2. The summed E-state index contributed by atoms with van der Waals surface area (Å²) in [6.45, 7) is 0. The average Bonchev–Trinajstić information content (AvgIpc) is 3.10. The van der Waals surface area contributed by atoms with Gasteiger partial charge >= 0.3 is 0 Å². The zero-order valence-corrected chi connectivity index (χ0v) is 13.9. The fourth-order valence-corrected chi connectivity index (χ4v) is 3.10. The minimum Gasteiger partial charge on any atom is -0.332 e. The van der Waals surface area contributed by atoms with Crippen LogP contribution in [0.4, 0.5) is 13.2 Å². The number of hydrogen-bond donors (Lipinski definition) is 1. The molecular weight excluding hydrogens is 363 g/mol. The van der Waals surface area contributed by atoms with Crippen molar-refractivity contribution in [3.8, 4) is 16.6 Å². The molecule has 8 heteroatoms. The molecule has 130 valence electrons. The molecule has 0 aliphatic carbocycles. The zero-order valence-electron chi connectivity index (χ0n) is 13.0. The largest absolute Gasteiger partial charge is 0.332 e.